The molecule has 0 aromatic heterocycles. The molecule has 0 N–H and O–H groups in total. The van der Waals surface area contributed by atoms with Crippen molar-refractivity contribution in [1.82, 2.24) is 4.90 Å². The highest BCUT2D eigenvalue weighted by Gasteiger charge is 2.22. The number of carbonyl (C=O) groups is 1. The first-order valence-corrected chi connectivity index (χ1v) is 7.24. The average Bonchev–Trinajstić information content (AvgIpc) is 2.97. The summed E-state index contributed by atoms with van der Waals surface area (Å²) in [5.41, 5.74) is 3.68. The summed E-state index contributed by atoms with van der Waals surface area (Å²) in [7, 11) is 1.66. The Morgan fingerprint density at radius 3 is 2.48 bits per heavy atom. The van der Waals surface area contributed by atoms with Crippen LogP contribution in [0.4, 0.5) is 0 Å². The van der Waals surface area contributed by atoms with Gasteiger partial charge in [-0.05, 0) is 35.2 Å². The highest BCUT2D eigenvalue weighted by atomic mass is 16.5. The van der Waals surface area contributed by atoms with Crippen LogP contribution in [0.1, 0.15) is 23.1 Å². The number of rotatable bonds is 4. The number of carbonyl (C=O) groups excluding carboxylic acids is 1. The van der Waals surface area contributed by atoms with Gasteiger partial charge in [0.1, 0.15) is 5.75 Å². The molecule has 1 aliphatic heterocycles. The molecule has 3 nitrogen and oxygen atoms in total. The molecule has 108 valence electrons. The summed E-state index contributed by atoms with van der Waals surface area (Å²) >= 11 is 0. The number of amides is 1. The van der Waals surface area contributed by atoms with Gasteiger partial charge in [-0.2, -0.15) is 0 Å². The maximum Gasteiger partial charge on any atom is 0.223 e. The van der Waals surface area contributed by atoms with Crippen molar-refractivity contribution in [2.45, 2.75) is 25.9 Å². The Morgan fingerprint density at radius 1 is 1.10 bits per heavy atom. The summed E-state index contributed by atoms with van der Waals surface area (Å²) in [5.74, 6) is 1.06. The minimum Gasteiger partial charge on any atom is -0.497 e. The molecule has 0 saturated carbocycles. The molecule has 1 aliphatic rings. The average molecular weight is 281 g/mol. The summed E-state index contributed by atoms with van der Waals surface area (Å²) in [6.45, 7) is 1.49. The smallest absolute Gasteiger partial charge is 0.223 e. The van der Waals surface area contributed by atoms with Gasteiger partial charge in [-0.1, -0.05) is 36.4 Å². The second-order valence-corrected chi connectivity index (χ2v) is 5.37. The lowest BCUT2D eigenvalue weighted by atomic mass is 10.1. The fourth-order valence-corrected chi connectivity index (χ4v) is 2.75. The number of nitrogens with zero attached hydrogens (tertiary/aromatic N) is 1. The lowest BCUT2D eigenvalue weighted by Crippen LogP contribution is -2.25. The Bertz CT molecular complexity index is 626. The van der Waals surface area contributed by atoms with Gasteiger partial charge in [-0.15, -0.1) is 0 Å². The summed E-state index contributed by atoms with van der Waals surface area (Å²) in [6.07, 6.45) is 1.30. The van der Waals surface area contributed by atoms with Gasteiger partial charge in [0, 0.05) is 19.5 Å². The van der Waals surface area contributed by atoms with Crippen molar-refractivity contribution in [3.8, 4) is 5.75 Å². The van der Waals surface area contributed by atoms with Crippen molar-refractivity contribution in [2.24, 2.45) is 0 Å². The van der Waals surface area contributed by atoms with Crippen molar-refractivity contribution >= 4 is 5.91 Å². The zero-order chi connectivity index (χ0) is 14.7. The third-order valence-corrected chi connectivity index (χ3v) is 3.96. The van der Waals surface area contributed by atoms with Gasteiger partial charge >= 0.3 is 0 Å². The number of aryl methyl sites for hydroxylation is 1. The fraction of sp³-hybridized carbons (Fsp3) is 0.278. The molecule has 0 spiro atoms. The van der Waals surface area contributed by atoms with Gasteiger partial charge < -0.3 is 9.64 Å². The summed E-state index contributed by atoms with van der Waals surface area (Å²) in [6, 6.07) is 16.2. The Hall–Kier alpha value is -2.29. The monoisotopic (exact) mass is 281 g/mol. The molecular weight excluding hydrogens is 262 g/mol. The number of methoxy groups -OCH3 is 1. The van der Waals surface area contributed by atoms with Crippen LogP contribution in [0.3, 0.4) is 0 Å². The van der Waals surface area contributed by atoms with Crippen LogP contribution < -0.4 is 4.74 Å². The van der Waals surface area contributed by atoms with Crippen LogP contribution in [0.25, 0.3) is 0 Å². The van der Waals surface area contributed by atoms with Crippen LogP contribution in [-0.2, 0) is 24.3 Å². The molecule has 0 fully saturated rings. The molecule has 2 aromatic carbocycles. The first-order valence-electron chi connectivity index (χ1n) is 7.24. The molecule has 3 rings (SSSR count). The highest BCUT2D eigenvalue weighted by Crippen LogP contribution is 2.23. The minimum absolute atomic E-state index is 0.217. The van der Waals surface area contributed by atoms with Crippen LogP contribution in [0.15, 0.2) is 48.5 Å². The van der Waals surface area contributed by atoms with Gasteiger partial charge in [0.2, 0.25) is 5.91 Å². The van der Waals surface area contributed by atoms with E-state index in [-0.39, 0.29) is 5.91 Å². The summed E-state index contributed by atoms with van der Waals surface area (Å²) in [5, 5.41) is 0. The molecule has 21 heavy (non-hydrogen) atoms. The Balaban J connectivity index is 1.58. The lowest BCUT2D eigenvalue weighted by Gasteiger charge is -2.15. The van der Waals surface area contributed by atoms with Gasteiger partial charge in [-0.25, -0.2) is 0 Å². The van der Waals surface area contributed by atoms with E-state index in [1.54, 1.807) is 7.11 Å². The van der Waals surface area contributed by atoms with Gasteiger partial charge in [0.25, 0.3) is 0 Å². The first-order chi connectivity index (χ1) is 10.3. The van der Waals surface area contributed by atoms with E-state index in [1.807, 2.05) is 41.3 Å². The third-order valence-electron chi connectivity index (χ3n) is 3.96. The minimum atomic E-state index is 0.217. The maximum atomic E-state index is 12.3. The van der Waals surface area contributed by atoms with E-state index >= 15 is 0 Å². The van der Waals surface area contributed by atoms with E-state index in [9.17, 15) is 4.79 Å². The Labute approximate surface area is 125 Å². The third kappa shape index (κ3) is 3.07. The molecule has 0 saturated heterocycles. The quantitative estimate of drug-likeness (QED) is 0.861. The maximum absolute atomic E-state index is 12.3. The number of hydrogen-bond acceptors (Lipinski definition) is 2. The molecule has 1 amide bonds. The summed E-state index contributed by atoms with van der Waals surface area (Å²) < 4.78 is 5.21. The zero-order valence-electron chi connectivity index (χ0n) is 12.2. The van der Waals surface area contributed by atoms with Crippen LogP contribution in [0.2, 0.25) is 0 Å². The topological polar surface area (TPSA) is 29.5 Å². The van der Waals surface area contributed by atoms with Crippen LogP contribution in [0, 0.1) is 0 Å². The molecular formula is C18H19NO2. The predicted molar refractivity (Wildman–Crippen MR) is 82.0 cm³/mol. The van der Waals surface area contributed by atoms with E-state index in [2.05, 4.69) is 12.1 Å². The standard InChI is InChI=1S/C18H19NO2/c1-21-17-8-4-5-14(11-17)9-10-18(20)19-12-15-6-2-3-7-16(15)13-19/h2-8,11H,9-10,12-13H2,1H3. The molecule has 1 heterocycles. The normalized spacial score (nSPS) is 13.1. The van der Waals surface area contributed by atoms with Crippen LogP contribution >= 0.6 is 0 Å². The largest absolute Gasteiger partial charge is 0.497 e. The first kappa shape index (κ1) is 13.7. The second-order valence-electron chi connectivity index (χ2n) is 5.37. The van der Waals surface area contributed by atoms with E-state index in [1.165, 1.54) is 11.1 Å². The van der Waals surface area contributed by atoms with Gasteiger partial charge in [-0.3, -0.25) is 4.79 Å². The molecule has 0 atom stereocenters. The van der Waals surface area contributed by atoms with Crippen molar-refractivity contribution < 1.29 is 9.53 Å². The molecule has 0 bridgehead atoms. The van der Waals surface area contributed by atoms with Gasteiger partial charge in [0.15, 0.2) is 0 Å². The molecule has 0 aliphatic carbocycles. The Kier molecular flexibility index (Phi) is 3.91. The zero-order valence-corrected chi connectivity index (χ0v) is 12.2. The number of ether oxygens (including phenoxy) is 1. The van der Waals surface area contributed by atoms with Crippen molar-refractivity contribution in [2.75, 3.05) is 7.11 Å². The second kappa shape index (κ2) is 6.00. The van der Waals surface area contributed by atoms with E-state index < -0.39 is 0 Å². The number of benzene rings is 2. The molecule has 0 radical (unpaired) electrons. The van der Waals surface area contributed by atoms with E-state index in [0.717, 1.165) is 30.8 Å². The van der Waals surface area contributed by atoms with Crippen molar-refractivity contribution in [3.63, 3.8) is 0 Å². The van der Waals surface area contributed by atoms with E-state index in [4.69, 9.17) is 4.74 Å². The van der Waals surface area contributed by atoms with E-state index in [0.29, 0.717) is 6.42 Å². The fourth-order valence-electron chi connectivity index (χ4n) is 2.75. The molecule has 0 unspecified atom stereocenters. The predicted octanol–water partition coefficient (Wildman–Crippen LogP) is 3.17. The number of fused-ring (bicyclic) bond motifs is 1. The van der Waals surface area contributed by atoms with Gasteiger partial charge in [0.05, 0.1) is 7.11 Å². The highest BCUT2D eigenvalue weighted by molar-refractivity contribution is 5.77. The Morgan fingerprint density at radius 2 is 1.81 bits per heavy atom. The van der Waals surface area contributed by atoms with Crippen molar-refractivity contribution in [3.05, 3.63) is 65.2 Å². The van der Waals surface area contributed by atoms with Crippen LogP contribution in [0.5, 0.6) is 5.75 Å². The number of hydrogen-bond donors (Lipinski definition) is 0. The summed E-state index contributed by atoms with van der Waals surface area (Å²) in [4.78, 5) is 14.3. The lowest BCUT2D eigenvalue weighted by molar-refractivity contribution is -0.131. The van der Waals surface area contributed by atoms with Crippen molar-refractivity contribution in [1.29, 1.82) is 0 Å². The molecule has 2 aromatic rings. The SMILES string of the molecule is COc1cccc(CCC(=O)N2Cc3ccccc3C2)c1. The molecule has 3 heteroatoms. The van der Waals surface area contributed by atoms with Crippen LogP contribution in [-0.4, -0.2) is 17.9 Å².